The van der Waals surface area contributed by atoms with Crippen LogP contribution in [0.5, 0.6) is 0 Å². The number of hydrogen-bond donors (Lipinski definition) is 2. The first-order valence-electron chi connectivity index (χ1n) is 6.43. The van der Waals surface area contributed by atoms with Gasteiger partial charge in [0, 0.05) is 28.7 Å². The van der Waals surface area contributed by atoms with E-state index in [1.165, 1.54) is 6.07 Å². The Labute approximate surface area is 143 Å². The lowest BCUT2D eigenvalue weighted by Gasteiger charge is -2.16. The lowest BCUT2D eigenvalue weighted by molar-refractivity contribution is -0.385. The van der Waals surface area contributed by atoms with Crippen molar-refractivity contribution in [3.8, 4) is 0 Å². The first kappa shape index (κ1) is 19.3. The Morgan fingerprint density at radius 3 is 2.55 bits per heavy atom. The van der Waals surface area contributed by atoms with Gasteiger partial charge < -0.3 is 5.73 Å². The van der Waals surface area contributed by atoms with Crippen LogP contribution in [0.25, 0.3) is 0 Å². The summed E-state index contributed by atoms with van der Waals surface area (Å²) >= 11 is 3.16. The Morgan fingerprint density at radius 1 is 1.50 bits per heavy atom. The highest BCUT2D eigenvalue weighted by Crippen LogP contribution is 2.34. The molecule has 0 heterocycles. The van der Waals surface area contributed by atoms with Crippen LogP contribution in [0.4, 0.5) is 5.69 Å². The summed E-state index contributed by atoms with van der Waals surface area (Å²) in [5.41, 5.74) is 5.74. The maximum absolute atomic E-state index is 12.4. The molecular formula is C12H17BrClN3O4S. The molecule has 7 nitrogen and oxygen atoms in total. The minimum Gasteiger partial charge on any atom is -0.329 e. The van der Waals surface area contributed by atoms with Crippen LogP contribution in [0.1, 0.15) is 18.4 Å². The van der Waals surface area contributed by atoms with Crippen molar-refractivity contribution < 1.29 is 13.3 Å². The summed E-state index contributed by atoms with van der Waals surface area (Å²) < 4.78 is 27.6. The van der Waals surface area contributed by atoms with Crippen molar-refractivity contribution in [3.05, 3.63) is 32.3 Å². The maximum Gasteiger partial charge on any atom is 0.274 e. The van der Waals surface area contributed by atoms with Crippen molar-refractivity contribution in [2.75, 3.05) is 6.54 Å². The molecule has 1 aromatic rings. The number of nitro groups is 1. The van der Waals surface area contributed by atoms with E-state index in [2.05, 4.69) is 20.7 Å². The van der Waals surface area contributed by atoms with Gasteiger partial charge in [-0.15, -0.1) is 12.4 Å². The third kappa shape index (κ3) is 4.17. The van der Waals surface area contributed by atoms with Crippen molar-refractivity contribution in [2.45, 2.75) is 30.7 Å². The summed E-state index contributed by atoms with van der Waals surface area (Å²) in [6.07, 6.45) is 1.89. The van der Waals surface area contributed by atoms with Gasteiger partial charge in [-0.25, -0.2) is 13.1 Å². The molecule has 3 N–H and O–H groups in total. The second-order valence-corrected chi connectivity index (χ2v) is 7.68. The monoisotopic (exact) mass is 413 g/mol. The molecule has 1 atom stereocenters. The summed E-state index contributed by atoms with van der Waals surface area (Å²) in [5, 5.41) is 11.0. The number of halogens is 2. The summed E-state index contributed by atoms with van der Waals surface area (Å²) in [6, 6.07) is 2.11. The van der Waals surface area contributed by atoms with E-state index in [4.69, 9.17) is 5.73 Å². The topological polar surface area (TPSA) is 115 Å². The van der Waals surface area contributed by atoms with E-state index in [1.54, 1.807) is 6.92 Å². The van der Waals surface area contributed by atoms with Gasteiger partial charge >= 0.3 is 0 Å². The van der Waals surface area contributed by atoms with E-state index in [1.807, 2.05) is 0 Å². The highest BCUT2D eigenvalue weighted by Gasteiger charge is 2.34. The van der Waals surface area contributed by atoms with E-state index >= 15 is 0 Å². The maximum atomic E-state index is 12.4. The standard InChI is InChI=1S/C12H16BrN3O4S.ClH/c1-7-10(13)4-9(5-12(7)16(17)18)21(19,20)15-11(6-14)8-2-3-8;/h4-5,8,11,15H,2-3,6,14H2,1H3;1H. The Morgan fingerprint density at radius 2 is 2.09 bits per heavy atom. The number of sulfonamides is 1. The van der Waals surface area contributed by atoms with Gasteiger partial charge in [-0.3, -0.25) is 10.1 Å². The van der Waals surface area contributed by atoms with E-state index in [0.717, 1.165) is 18.9 Å². The lowest BCUT2D eigenvalue weighted by Crippen LogP contribution is -2.41. The molecule has 124 valence electrons. The zero-order chi connectivity index (χ0) is 15.8. The molecule has 0 saturated heterocycles. The average molecular weight is 415 g/mol. The first-order valence-corrected chi connectivity index (χ1v) is 8.71. The minimum absolute atomic E-state index is 0. The molecule has 0 amide bonds. The molecule has 1 aliphatic rings. The normalized spacial score (nSPS) is 16.0. The Kier molecular flexibility index (Phi) is 6.34. The van der Waals surface area contributed by atoms with Gasteiger partial charge in [0.2, 0.25) is 10.0 Å². The quantitative estimate of drug-likeness (QED) is 0.546. The van der Waals surface area contributed by atoms with Gasteiger partial charge in [-0.1, -0.05) is 15.9 Å². The zero-order valence-electron chi connectivity index (χ0n) is 11.8. The van der Waals surface area contributed by atoms with Crippen LogP contribution in [0.2, 0.25) is 0 Å². The molecule has 1 unspecified atom stereocenters. The first-order chi connectivity index (χ1) is 9.76. The molecule has 0 spiro atoms. The van der Waals surface area contributed by atoms with Crippen molar-refractivity contribution in [1.82, 2.24) is 4.72 Å². The highest BCUT2D eigenvalue weighted by atomic mass is 79.9. The third-order valence-electron chi connectivity index (χ3n) is 3.55. The molecule has 1 aliphatic carbocycles. The van der Waals surface area contributed by atoms with Gasteiger partial charge in [0.05, 0.1) is 9.82 Å². The average Bonchev–Trinajstić information content (AvgIpc) is 3.22. The molecule has 0 bridgehead atoms. The smallest absolute Gasteiger partial charge is 0.274 e. The van der Waals surface area contributed by atoms with Crippen LogP contribution in [0.3, 0.4) is 0 Å². The number of nitrogens with two attached hydrogens (primary N) is 1. The molecule has 2 rings (SSSR count). The predicted molar refractivity (Wildman–Crippen MR) is 88.7 cm³/mol. The highest BCUT2D eigenvalue weighted by molar-refractivity contribution is 9.10. The Bertz CT molecular complexity index is 679. The van der Waals surface area contributed by atoms with Crippen molar-refractivity contribution in [2.24, 2.45) is 11.7 Å². The fourth-order valence-electron chi connectivity index (χ4n) is 2.09. The number of benzene rings is 1. The molecule has 22 heavy (non-hydrogen) atoms. The third-order valence-corrected chi connectivity index (χ3v) is 5.84. The number of rotatable bonds is 6. The SMILES string of the molecule is Cc1c(Br)cc(S(=O)(=O)NC(CN)C2CC2)cc1[N+](=O)[O-].Cl. The second-order valence-electron chi connectivity index (χ2n) is 5.11. The molecule has 0 aliphatic heterocycles. The Hall–Kier alpha value is -0.740. The van der Waals surface area contributed by atoms with Crippen LogP contribution < -0.4 is 10.5 Å². The molecule has 1 aromatic carbocycles. The fourth-order valence-corrected chi connectivity index (χ4v) is 4.05. The van der Waals surface area contributed by atoms with Crippen LogP contribution in [-0.2, 0) is 10.0 Å². The Balaban J connectivity index is 0.00000242. The van der Waals surface area contributed by atoms with Crippen molar-refractivity contribution in [3.63, 3.8) is 0 Å². The largest absolute Gasteiger partial charge is 0.329 e. The van der Waals surface area contributed by atoms with Crippen molar-refractivity contribution in [1.29, 1.82) is 0 Å². The van der Waals surface area contributed by atoms with Crippen LogP contribution in [0.15, 0.2) is 21.5 Å². The van der Waals surface area contributed by atoms with Gasteiger partial charge in [0.15, 0.2) is 0 Å². The van der Waals surface area contributed by atoms with Gasteiger partial charge in [-0.2, -0.15) is 0 Å². The second kappa shape index (κ2) is 7.22. The molecular weight excluding hydrogens is 398 g/mol. The lowest BCUT2D eigenvalue weighted by atomic mass is 10.2. The molecule has 1 saturated carbocycles. The minimum atomic E-state index is -3.84. The summed E-state index contributed by atoms with van der Waals surface area (Å²) in [6.45, 7) is 1.76. The van der Waals surface area contributed by atoms with Gasteiger partial charge in [-0.05, 0) is 31.7 Å². The van der Waals surface area contributed by atoms with Gasteiger partial charge in [0.25, 0.3) is 5.69 Å². The summed E-state index contributed by atoms with van der Waals surface area (Å²) in [7, 11) is -3.84. The van der Waals surface area contributed by atoms with E-state index in [0.29, 0.717) is 10.0 Å². The van der Waals surface area contributed by atoms with E-state index in [-0.39, 0.29) is 41.5 Å². The van der Waals surface area contributed by atoms with E-state index in [9.17, 15) is 18.5 Å². The van der Waals surface area contributed by atoms with E-state index < -0.39 is 14.9 Å². The zero-order valence-corrected chi connectivity index (χ0v) is 15.0. The number of nitrogens with zero attached hydrogens (tertiary/aromatic N) is 1. The van der Waals surface area contributed by atoms with Gasteiger partial charge in [0.1, 0.15) is 0 Å². The van der Waals surface area contributed by atoms with Crippen molar-refractivity contribution >= 4 is 44.0 Å². The molecule has 10 heteroatoms. The van der Waals surface area contributed by atoms with Crippen LogP contribution in [0, 0.1) is 23.0 Å². The number of nitrogens with one attached hydrogen (secondary N) is 1. The number of hydrogen-bond acceptors (Lipinski definition) is 5. The summed E-state index contributed by atoms with van der Waals surface area (Å²) in [5.74, 6) is 0.258. The van der Waals surface area contributed by atoms with Crippen LogP contribution in [-0.4, -0.2) is 25.9 Å². The summed E-state index contributed by atoms with van der Waals surface area (Å²) in [4.78, 5) is 10.3. The fraction of sp³-hybridized carbons (Fsp3) is 0.500. The molecule has 0 aromatic heterocycles. The number of nitro benzene ring substituents is 1. The molecule has 1 fully saturated rings. The van der Waals surface area contributed by atoms with Crippen LogP contribution >= 0.6 is 28.3 Å². The molecule has 0 radical (unpaired) electrons. The predicted octanol–water partition coefficient (Wildman–Crippen LogP) is 2.10.